The number of carbonyl (C=O) groups excluding carboxylic acids is 1. The second-order valence-electron chi connectivity index (χ2n) is 4.00. The molecule has 0 heterocycles. The van der Waals surface area contributed by atoms with E-state index in [1.54, 1.807) is 12.1 Å². The lowest BCUT2D eigenvalue weighted by Gasteiger charge is -2.09. The number of nitro groups is 1. The predicted octanol–water partition coefficient (Wildman–Crippen LogP) is 4.76. The largest absolute Gasteiger partial charge is 0.321 e. The molecule has 0 fully saturated rings. The molecule has 0 unspecified atom stereocenters. The summed E-state index contributed by atoms with van der Waals surface area (Å²) in [7, 11) is 0. The van der Waals surface area contributed by atoms with Crippen LogP contribution in [0.15, 0.2) is 36.4 Å². The number of nitrogens with zero attached hydrogens (tertiary/aromatic N) is 1. The van der Waals surface area contributed by atoms with Crippen molar-refractivity contribution in [2.75, 3.05) is 5.32 Å². The molecule has 0 radical (unpaired) electrons. The third kappa shape index (κ3) is 3.84. The van der Waals surface area contributed by atoms with Crippen molar-refractivity contribution < 1.29 is 9.72 Å². The zero-order valence-corrected chi connectivity index (χ0v) is 13.9. The van der Waals surface area contributed by atoms with Crippen LogP contribution in [0.2, 0.25) is 10.0 Å². The average Bonchev–Trinajstić information content (AvgIpc) is 2.43. The van der Waals surface area contributed by atoms with Crippen LogP contribution in [0.4, 0.5) is 11.4 Å². The van der Waals surface area contributed by atoms with Gasteiger partial charge < -0.3 is 5.32 Å². The molecule has 8 heteroatoms. The molecule has 0 aliphatic rings. The van der Waals surface area contributed by atoms with Gasteiger partial charge in [0.1, 0.15) is 0 Å². The minimum atomic E-state index is -0.556. The minimum Gasteiger partial charge on any atom is -0.321 e. The molecule has 2 aromatic rings. The lowest BCUT2D eigenvalue weighted by Crippen LogP contribution is -2.14. The van der Waals surface area contributed by atoms with Gasteiger partial charge in [0.25, 0.3) is 11.6 Å². The maximum Gasteiger partial charge on any atom is 0.270 e. The number of nitro benzene ring substituents is 1. The Morgan fingerprint density at radius 3 is 2.57 bits per heavy atom. The van der Waals surface area contributed by atoms with Gasteiger partial charge in [0.05, 0.1) is 21.2 Å². The molecule has 0 aliphatic carbocycles. The van der Waals surface area contributed by atoms with Gasteiger partial charge in [-0.15, -0.1) is 0 Å². The molecule has 0 aliphatic heterocycles. The van der Waals surface area contributed by atoms with Crippen molar-refractivity contribution in [2.24, 2.45) is 0 Å². The predicted molar refractivity (Wildman–Crippen MR) is 90.2 cm³/mol. The van der Waals surface area contributed by atoms with E-state index in [0.29, 0.717) is 19.3 Å². The van der Waals surface area contributed by atoms with Crippen LogP contribution in [0.5, 0.6) is 0 Å². The molecule has 2 rings (SSSR count). The third-order valence-corrected chi connectivity index (χ3v) is 4.09. The standard InChI is InChI=1S/C13H7Cl2IN2O3/c14-7-1-3-10(15)12(5-7)17-13(19)9-6-8(18(20)21)2-4-11(9)16/h1-6H,(H,17,19). The van der Waals surface area contributed by atoms with Crippen LogP contribution in [0.3, 0.4) is 0 Å². The van der Waals surface area contributed by atoms with E-state index < -0.39 is 10.8 Å². The Hall–Kier alpha value is -1.38. The van der Waals surface area contributed by atoms with Crippen molar-refractivity contribution in [3.05, 3.63) is 65.7 Å². The van der Waals surface area contributed by atoms with Gasteiger partial charge in [-0.1, -0.05) is 23.2 Å². The summed E-state index contributed by atoms with van der Waals surface area (Å²) in [6.07, 6.45) is 0. The number of non-ortho nitro benzene ring substituents is 1. The molecule has 1 amide bonds. The van der Waals surface area contributed by atoms with Crippen LogP contribution < -0.4 is 5.32 Å². The first-order chi connectivity index (χ1) is 9.88. The van der Waals surface area contributed by atoms with Gasteiger partial charge in [0.2, 0.25) is 0 Å². The highest BCUT2D eigenvalue weighted by Crippen LogP contribution is 2.27. The number of anilines is 1. The van der Waals surface area contributed by atoms with E-state index in [9.17, 15) is 14.9 Å². The highest BCUT2D eigenvalue weighted by Gasteiger charge is 2.16. The Labute approximate surface area is 143 Å². The molecule has 0 aromatic heterocycles. The van der Waals surface area contributed by atoms with Crippen molar-refractivity contribution in [1.29, 1.82) is 0 Å². The fourth-order valence-corrected chi connectivity index (χ4v) is 2.50. The molecule has 2 aromatic carbocycles. The van der Waals surface area contributed by atoms with E-state index in [-0.39, 0.29) is 11.3 Å². The highest BCUT2D eigenvalue weighted by molar-refractivity contribution is 14.1. The Kier molecular flexibility index (Phi) is 5.02. The number of hydrogen-bond acceptors (Lipinski definition) is 3. The summed E-state index contributed by atoms with van der Waals surface area (Å²) < 4.78 is 0.592. The summed E-state index contributed by atoms with van der Waals surface area (Å²) in [6.45, 7) is 0. The van der Waals surface area contributed by atoms with Gasteiger partial charge in [0, 0.05) is 20.7 Å². The molecule has 108 valence electrons. The number of hydrogen-bond donors (Lipinski definition) is 1. The molecule has 5 nitrogen and oxygen atoms in total. The summed E-state index contributed by atoms with van der Waals surface area (Å²) in [5.41, 5.74) is 0.384. The summed E-state index contributed by atoms with van der Waals surface area (Å²) in [5.74, 6) is -0.493. The first-order valence-corrected chi connectivity index (χ1v) is 7.42. The van der Waals surface area contributed by atoms with Crippen LogP contribution in [-0.4, -0.2) is 10.8 Å². The van der Waals surface area contributed by atoms with E-state index in [1.165, 1.54) is 24.3 Å². The molecule has 0 saturated carbocycles. The van der Waals surface area contributed by atoms with Crippen molar-refractivity contribution in [2.45, 2.75) is 0 Å². The quantitative estimate of drug-likeness (QED) is 0.428. The SMILES string of the molecule is O=C(Nc1cc(Cl)ccc1Cl)c1cc([N+](=O)[O-])ccc1I. The summed E-state index contributed by atoms with van der Waals surface area (Å²) in [6, 6.07) is 8.72. The van der Waals surface area contributed by atoms with Crippen molar-refractivity contribution >= 4 is 63.1 Å². The van der Waals surface area contributed by atoms with Crippen molar-refractivity contribution in [3.63, 3.8) is 0 Å². The fraction of sp³-hybridized carbons (Fsp3) is 0. The monoisotopic (exact) mass is 436 g/mol. The van der Waals surface area contributed by atoms with Gasteiger partial charge in [-0.05, 0) is 46.9 Å². The zero-order chi connectivity index (χ0) is 15.6. The number of halogens is 3. The first kappa shape index (κ1) is 16.0. The Balaban J connectivity index is 2.34. The highest BCUT2D eigenvalue weighted by atomic mass is 127. The maximum absolute atomic E-state index is 12.2. The van der Waals surface area contributed by atoms with E-state index in [1.807, 2.05) is 22.6 Å². The lowest BCUT2D eigenvalue weighted by molar-refractivity contribution is -0.384. The molecule has 0 atom stereocenters. The smallest absolute Gasteiger partial charge is 0.270 e. The number of benzene rings is 2. The Bertz CT molecular complexity index is 737. The van der Waals surface area contributed by atoms with Crippen LogP contribution in [0.25, 0.3) is 0 Å². The number of amides is 1. The molecular formula is C13H7Cl2IN2O3. The van der Waals surface area contributed by atoms with Gasteiger partial charge in [-0.25, -0.2) is 0 Å². The second kappa shape index (κ2) is 6.59. The van der Waals surface area contributed by atoms with Gasteiger partial charge >= 0.3 is 0 Å². The number of carbonyl (C=O) groups is 1. The summed E-state index contributed by atoms with van der Waals surface area (Å²) in [4.78, 5) is 22.5. The third-order valence-electron chi connectivity index (χ3n) is 2.58. The van der Waals surface area contributed by atoms with Crippen molar-refractivity contribution in [3.8, 4) is 0 Å². The van der Waals surface area contributed by atoms with Crippen LogP contribution in [0, 0.1) is 13.7 Å². The molecule has 1 N–H and O–H groups in total. The molecule has 0 spiro atoms. The van der Waals surface area contributed by atoms with E-state index in [4.69, 9.17) is 23.2 Å². The normalized spacial score (nSPS) is 10.2. The minimum absolute atomic E-state index is 0.155. The van der Waals surface area contributed by atoms with Gasteiger partial charge in [-0.3, -0.25) is 14.9 Å². The summed E-state index contributed by atoms with van der Waals surface area (Å²) in [5, 5.41) is 14.1. The molecule has 0 saturated heterocycles. The topological polar surface area (TPSA) is 72.2 Å². The van der Waals surface area contributed by atoms with E-state index in [2.05, 4.69) is 5.32 Å². The molecule has 21 heavy (non-hydrogen) atoms. The maximum atomic E-state index is 12.2. The molecule has 0 bridgehead atoms. The summed E-state index contributed by atoms with van der Waals surface area (Å²) >= 11 is 13.7. The van der Waals surface area contributed by atoms with E-state index in [0.717, 1.165) is 0 Å². The van der Waals surface area contributed by atoms with Crippen LogP contribution in [0.1, 0.15) is 10.4 Å². The Morgan fingerprint density at radius 2 is 1.90 bits per heavy atom. The lowest BCUT2D eigenvalue weighted by atomic mass is 10.2. The van der Waals surface area contributed by atoms with E-state index >= 15 is 0 Å². The first-order valence-electron chi connectivity index (χ1n) is 5.59. The number of nitrogens with one attached hydrogen (secondary N) is 1. The Morgan fingerprint density at radius 1 is 1.19 bits per heavy atom. The second-order valence-corrected chi connectivity index (χ2v) is 6.01. The number of rotatable bonds is 3. The van der Waals surface area contributed by atoms with Gasteiger partial charge in [-0.2, -0.15) is 0 Å². The van der Waals surface area contributed by atoms with Crippen LogP contribution in [-0.2, 0) is 0 Å². The van der Waals surface area contributed by atoms with Gasteiger partial charge in [0.15, 0.2) is 0 Å². The van der Waals surface area contributed by atoms with Crippen LogP contribution >= 0.6 is 45.8 Å². The zero-order valence-electron chi connectivity index (χ0n) is 10.3. The van der Waals surface area contributed by atoms with Crippen molar-refractivity contribution in [1.82, 2.24) is 0 Å². The fourth-order valence-electron chi connectivity index (χ4n) is 1.58. The molecular weight excluding hydrogens is 430 g/mol. The average molecular weight is 437 g/mol.